The third kappa shape index (κ3) is 3.52. The average Bonchev–Trinajstić information content (AvgIpc) is 2.41. The summed E-state index contributed by atoms with van der Waals surface area (Å²) in [4.78, 5) is 0.150. The molecule has 0 saturated heterocycles. The molecule has 1 aliphatic carbocycles. The zero-order valence-corrected chi connectivity index (χ0v) is 13.0. The van der Waals surface area contributed by atoms with Crippen molar-refractivity contribution in [2.75, 3.05) is 0 Å². The topological polar surface area (TPSA) is 66.4 Å². The maximum atomic E-state index is 12.4. The normalized spacial score (nSPS) is 23.8. The summed E-state index contributed by atoms with van der Waals surface area (Å²) in [7, 11) is -3.56. The monoisotopic (exact) mass is 317 g/mol. The summed E-state index contributed by atoms with van der Waals surface area (Å²) in [5.74, 6) is 0.353. The van der Waals surface area contributed by atoms with Gasteiger partial charge in [0, 0.05) is 11.1 Å². The van der Waals surface area contributed by atoms with E-state index in [-0.39, 0.29) is 22.6 Å². The molecule has 1 aliphatic rings. The predicted octanol–water partition coefficient (Wildman–Crippen LogP) is 2.69. The summed E-state index contributed by atoms with van der Waals surface area (Å²) >= 11 is 5.95. The summed E-state index contributed by atoms with van der Waals surface area (Å²) in [6.07, 6.45) is 4.15. The van der Waals surface area contributed by atoms with Gasteiger partial charge in [-0.2, -0.15) is 0 Å². The van der Waals surface area contributed by atoms with Crippen molar-refractivity contribution < 1.29 is 13.5 Å². The second-order valence-corrected chi connectivity index (χ2v) is 7.52. The molecule has 0 aliphatic heterocycles. The summed E-state index contributed by atoms with van der Waals surface area (Å²) in [5, 5.41) is 9.33. The molecule has 20 heavy (non-hydrogen) atoms. The average molecular weight is 318 g/mol. The van der Waals surface area contributed by atoms with Gasteiger partial charge in [0.2, 0.25) is 10.0 Å². The van der Waals surface area contributed by atoms with Crippen LogP contribution in [0.3, 0.4) is 0 Å². The number of nitrogens with one attached hydrogen (secondary N) is 1. The van der Waals surface area contributed by atoms with Gasteiger partial charge < -0.3 is 5.11 Å². The highest BCUT2D eigenvalue weighted by atomic mass is 35.5. The van der Waals surface area contributed by atoms with Crippen molar-refractivity contribution >= 4 is 21.6 Å². The molecule has 2 N–H and O–H groups in total. The van der Waals surface area contributed by atoms with E-state index >= 15 is 0 Å². The summed E-state index contributed by atoms with van der Waals surface area (Å²) in [6, 6.07) is 4.40. The molecule has 0 spiro atoms. The van der Waals surface area contributed by atoms with E-state index in [1.807, 2.05) is 0 Å². The molecule has 1 saturated carbocycles. The highest BCUT2D eigenvalue weighted by Crippen LogP contribution is 2.26. The molecular weight excluding hydrogens is 298 g/mol. The lowest BCUT2D eigenvalue weighted by atomic mass is 9.87. The molecule has 112 valence electrons. The first-order chi connectivity index (χ1) is 9.44. The standard InChI is InChI=1S/C14H20ClNO3S/c1-10-4-2-3-5-14(10)16-20(18,19)12-7-6-11(9-17)13(15)8-12/h6-8,10,14,16-17H,2-5,9H2,1H3. The third-order valence-electron chi connectivity index (χ3n) is 3.92. The largest absolute Gasteiger partial charge is 0.392 e. The highest BCUT2D eigenvalue weighted by Gasteiger charge is 2.27. The maximum absolute atomic E-state index is 12.4. The van der Waals surface area contributed by atoms with Crippen LogP contribution in [0, 0.1) is 5.92 Å². The van der Waals surface area contributed by atoms with Crippen LogP contribution in [-0.2, 0) is 16.6 Å². The molecule has 0 amide bonds. The van der Waals surface area contributed by atoms with Crippen LogP contribution < -0.4 is 4.72 Å². The van der Waals surface area contributed by atoms with Crippen LogP contribution in [0.2, 0.25) is 5.02 Å². The molecule has 0 bridgehead atoms. The van der Waals surface area contributed by atoms with E-state index < -0.39 is 10.0 Å². The molecule has 0 radical (unpaired) electrons. The SMILES string of the molecule is CC1CCCCC1NS(=O)(=O)c1ccc(CO)c(Cl)c1. The van der Waals surface area contributed by atoms with Gasteiger partial charge in [0.15, 0.2) is 0 Å². The van der Waals surface area contributed by atoms with Gasteiger partial charge in [-0.25, -0.2) is 13.1 Å². The fourth-order valence-corrected chi connectivity index (χ4v) is 4.29. The minimum atomic E-state index is -3.56. The molecular formula is C14H20ClNO3S. The second kappa shape index (κ2) is 6.43. The van der Waals surface area contributed by atoms with Crippen LogP contribution in [0.4, 0.5) is 0 Å². The van der Waals surface area contributed by atoms with Gasteiger partial charge in [-0.15, -0.1) is 0 Å². The van der Waals surface area contributed by atoms with Gasteiger partial charge in [-0.05, 0) is 36.5 Å². The van der Waals surface area contributed by atoms with Crippen molar-refractivity contribution in [1.29, 1.82) is 0 Å². The molecule has 0 aromatic heterocycles. The summed E-state index contributed by atoms with van der Waals surface area (Å²) < 4.78 is 27.5. The Hall–Kier alpha value is -0.620. The minimum absolute atomic E-state index is 0.00922. The van der Waals surface area contributed by atoms with Crippen molar-refractivity contribution in [3.05, 3.63) is 28.8 Å². The van der Waals surface area contributed by atoms with Gasteiger partial charge in [-0.1, -0.05) is 37.4 Å². The Morgan fingerprint density at radius 2 is 2.05 bits per heavy atom. The molecule has 1 aromatic carbocycles. The fraction of sp³-hybridized carbons (Fsp3) is 0.571. The van der Waals surface area contributed by atoms with E-state index in [0.717, 1.165) is 25.7 Å². The highest BCUT2D eigenvalue weighted by molar-refractivity contribution is 7.89. The van der Waals surface area contributed by atoms with Crippen molar-refractivity contribution in [3.8, 4) is 0 Å². The molecule has 0 heterocycles. The van der Waals surface area contributed by atoms with E-state index in [0.29, 0.717) is 11.5 Å². The Bertz CT molecular complexity index is 574. The van der Waals surface area contributed by atoms with E-state index in [1.54, 1.807) is 6.07 Å². The lowest BCUT2D eigenvalue weighted by Crippen LogP contribution is -2.40. The number of hydrogen-bond donors (Lipinski definition) is 2. The van der Waals surface area contributed by atoms with Crippen molar-refractivity contribution in [2.24, 2.45) is 5.92 Å². The van der Waals surface area contributed by atoms with Crippen molar-refractivity contribution in [2.45, 2.75) is 50.2 Å². The van der Waals surface area contributed by atoms with Crippen LogP contribution >= 0.6 is 11.6 Å². The van der Waals surface area contributed by atoms with Gasteiger partial charge in [0.1, 0.15) is 0 Å². The second-order valence-electron chi connectivity index (χ2n) is 5.40. The maximum Gasteiger partial charge on any atom is 0.240 e. The van der Waals surface area contributed by atoms with E-state index in [1.165, 1.54) is 12.1 Å². The van der Waals surface area contributed by atoms with Gasteiger partial charge in [0.25, 0.3) is 0 Å². The lowest BCUT2D eigenvalue weighted by molar-refractivity contribution is 0.282. The van der Waals surface area contributed by atoms with E-state index in [2.05, 4.69) is 11.6 Å². The smallest absolute Gasteiger partial charge is 0.240 e. The predicted molar refractivity (Wildman–Crippen MR) is 79.1 cm³/mol. The Labute approximate surface area is 125 Å². The van der Waals surface area contributed by atoms with Crippen molar-refractivity contribution in [3.63, 3.8) is 0 Å². The van der Waals surface area contributed by atoms with Gasteiger partial charge >= 0.3 is 0 Å². The third-order valence-corrected chi connectivity index (χ3v) is 5.76. The first-order valence-electron chi connectivity index (χ1n) is 6.85. The zero-order valence-electron chi connectivity index (χ0n) is 11.5. The number of rotatable bonds is 4. The first kappa shape index (κ1) is 15.8. The molecule has 4 nitrogen and oxygen atoms in total. The Kier molecular flexibility index (Phi) is 5.07. The Balaban J connectivity index is 2.19. The molecule has 1 fully saturated rings. The zero-order chi connectivity index (χ0) is 14.8. The Morgan fingerprint density at radius 3 is 2.65 bits per heavy atom. The van der Waals surface area contributed by atoms with E-state index in [4.69, 9.17) is 16.7 Å². The Morgan fingerprint density at radius 1 is 1.35 bits per heavy atom. The van der Waals surface area contributed by atoms with E-state index in [9.17, 15) is 8.42 Å². The number of sulfonamides is 1. The number of aliphatic hydroxyl groups excluding tert-OH is 1. The minimum Gasteiger partial charge on any atom is -0.392 e. The van der Waals surface area contributed by atoms with Crippen molar-refractivity contribution in [1.82, 2.24) is 4.72 Å². The quantitative estimate of drug-likeness (QED) is 0.897. The van der Waals surface area contributed by atoms with Crippen LogP contribution in [0.1, 0.15) is 38.2 Å². The molecule has 2 unspecified atom stereocenters. The molecule has 2 rings (SSSR count). The molecule has 2 atom stereocenters. The van der Waals surface area contributed by atoms with Crippen LogP contribution in [0.15, 0.2) is 23.1 Å². The number of hydrogen-bond acceptors (Lipinski definition) is 3. The van der Waals surface area contributed by atoms with Crippen LogP contribution in [0.25, 0.3) is 0 Å². The van der Waals surface area contributed by atoms with Crippen LogP contribution in [-0.4, -0.2) is 19.6 Å². The summed E-state index contributed by atoms with van der Waals surface area (Å²) in [5.41, 5.74) is 0.525. The van der Waals surface area contributed by atoms with Crippen LogP contribution in [0.5, 0.6) is 0 Å². The van der Waals surface area contributed by atoms with Gasteiger partial charge in [0.05, 0.1) is 11.5 Å². The first-order valence-corrected chi connectivity index (χ1v) is 8.72. The molecule has 6 heteroatoms. The summed E-state index contributed by atoms with van der Waals surface area (Å²) in [6.45, 7) is 1.88. The number of halogens is 1. The molecule has 1 aromatic rings. The number of benzene rings is 1. The van der Waals surface area contributed by atoms with Gasteiger partial charge in [-0.3, -0.25) is 0 Å². The fourth-order valence-electron chi connectivity index (χ4n) is 2.58. The number of aliphatic hydroxyl groups is 1. The lowest BCUT2D eigenvalue weighted by Gasteiger charge is -2.29.